The Balaban J connectivity index is 0.00000529. The molecule has 3 nitrogen and oxygen atoms in total. The highest BCUT2D eigenvalue weighted by Gasteiger charge is 2.15. The molecular formula is C20H35ClN2O. The molecule has 0 heterocycles. The number of carbonyl (C=O) groups excluding carboxylic acids is 1. The second-order valence-corrected chi connectivity index (χ2v) is 7.17. The van der Waals surface area contributed by atoms with Gasteiger partial charge in [0.2, 0.25) is 5.91 Å². The highest BCUT2D eigenvalue weighted by Crippen LogP contribution is 2.09. The van der Waals surface area contributed by atoms with Crippen LogP contribution < -0.4 is 17.7 Å². The fraction of sp³-hybridized carbons (Fsp3) is 0.650. The molecule has 0 aliphatic heterocycles. The fourth-order valence-electron chi connectivity index (χ4n) is 2.87. The number of nitrogens with zero attached hydrogens (tertiary/aromatic N) is 1. The zero-order valence-corrected chi connectivity index (χ0v) is 16.4. The normalized spacial score (nSPS) is 11.0. The number of amides is 1. The predicted octanol–water partition coefficient (Wildman–Crippen LogP) is 1.13. The molecule has 0 unspecified atom stereocenters. The molecule has 0 saturated heterocycles. The Kier molecular flexibility index (Phi) is 12.7. The van der Waals surface area contributed by atoms with Crippen LogP contribution in [0.4, 0.5) is 0 Å². The van der Waals surface area contributed by atoms with Crippen LogP contribution in [0.3, 0.4) is 0 Å². The van der Waals surface area contributed by atoms with Gasteiger partial charge in [0.25, 0.3) is 0 Å². The fourth-order valence-corrected chi connectivity index (χ4v) is 2.87. The zero-order chi connectivity index (χ0) is 17.0. The lowest BCUT2D eigenvalue weighted by Crippen LogP contribution is -3.00. The molecule has 1 N–H and O–H groups in total. The van der Waals surface area contributed by atoms with Gasteiger partial charge in [-0.25, -0.2) is 0 Å². The number of nitrogens with one attached hydrogen (secondary N) is 1. The SMILES string of the molecule is CCCCCCCC(=O)NCCC[N+](C)(C)Cc1ccccc1.[Cl-]. The Labute approximate surface area is 154 Å². The van der Waals surface area contributed by atoms with E-state index in [4.69, 9.17) is 0 Å². The number of carbonyl (C=O) groups is 1. The lowest BCUT2D eigenvalue weighted by Gasteiger charge is -2.30. The van der Waals surface area contributed by atoms with Crippen LogP contribution >= 0.6 is 0 Å². The van der Waals surface area contributed by atoms with Gasteiger partial charge in [-0.2, -0.15) is 0 Å². The monoisotopic (exact) mass is 354 g/mol. The molecule has 1 rings (SSSR count). The first-order chi connectivity index (χ1) is 11.0. The van der Waals surface area contributed by atoms with Gasteiger partial charge in [-0.15, -0.1) is 0 Å². The largest absolute Gasteiger partial charge is 1.00 e. The molecule has 0 aliphatic carbocycles. The number of rotatable bonds is 12. The summed E-state index contributed by atoms with van der Waals surface area (Å²) in [5.41, 5.74) is 1.37. The van der Waals surface area contributed by atoms with Crippen molar-refractivity contribution in [3.63, 3.8) is 0 Å². The molecule has 1 aromatic rings. The number of hydrogen-bond acceptors (Lipinski definition) is 1. The Morgan fingerprint density at radius 3 is 2.33 bits per heavy atom. The third-order valence-electron chi connectivity index (χ3n) is 4.22. The molecule has 4 heteroatoms. The van der Waals surface area contributed by atoms with E-state index in [0.29, 0.717) is 6.42 Å². The van der Waals surface area contributed by atoms with Crippen LogP contribution in [0.25, 0.3) is 0 Å². The van der Waals surface area contributed by atoms with Crippen LogP contribution in [-0.2, 0) is 11.3 Å². The van der Waals surface area contributed by atoms with Crippen LogP contribution in [0.1, 0.15) is 57.4 Å². The average molecular weight is 355 g/mol. The number of unbranched alkanes of at least 4 members (excludes halogenated alkanes) is 4. The van der Waals surface area contributed by atoms with Crippen LogP contribution in [0.5, 0.6) is 0 Å². The number of benzene rings is 1. The standard InChI is InChI=1S/C20H34N2O.ClH/c1-4-5-6-7-11-15-20(23)21-16-12-17-22(2,3)18-19-13-9-8-10-14-19;/h8-10,13-14H,4-7,11-12,15-18H2,1-3H3;1H. The molecule has 0 fully saturated rings. The van der Waals surface area contributed by atoms with Crippen molar-refractivity contribution in [2.75, 3.05) is 27.2 Å². The van der Waals surface area contributed by atoms with E-state index >= 15 is 0 Å². The van der Waals surface area contributed by atoms with Crippen molar-refractivity contribution < 1.29 is 21.7 Å². The summed E-state index contributed by atoms with van der Waals surface area (Å²) < 4.78 is 0.955. The van der Waals surface area contributed by atoms with E-state index in [1.807, 2.05) is 0 Å². The molecule has 0 atom stereocenters. The number of halogens is 1. The van der Waals surface area contributed by atoms with Gasteiger partial charge in [-0.05, 0) is 6.42 Å². The van der Waals surface area contributed by atoms with E-state index < -0.39 is 0 Å². The second-order valence-electron chi connectivity index (χ2n) is 7.17. The highest BCUT2D eigenvalue weighted by atomic mass is 35.5. The lowest BCUT2D eigenvalue weighted by molar-refractivity contribution is -0.903. The molecule has 0 bridgehead atoms. The van der Waals surface area contributed by atoms with E-state index in [-0.39, 0.29) is 18.3 Å². The van der Waals surface area contributed by atoms with Gasteiger partial charge < -0.3 is 22.2 Å². The van der Waals surface area contributed by atoms with Crippen molar-refractivity contribution in [2.24, 2.45) is 0 Å². The van der Waals surface area contributed by atoms with Gasteiger partial charge >= 0.3 is 0 Å². The van der Waals surface area contributed by atoms with Crippen LogP contribution in [0.15, 0.2) is 30.3 Å². The van der Waals surface area contributed by atoms with Crippen molar-refractivity contribution in [2.45, 2.75) is 58.4 Å². The summed E-state index contributed by atoms with van der Waals surface area (Å²) in [5.74, 6) is 0.217. The Morgan fingerprint density at radius 1 is 1.00 bits per heavy atom. The smallest absolute Gasteiger partial charge is 0.219 e. The minimum atomic E-state index is 0. The molecule has 0 aliphatic rings. The first-order valence-electron chi connectivity index (χ1n) is 9.16. The Hall–Kier alpha value is -1.06. The Morgan fingerprint density at radius 2 is 1.67 bits per heavy atom. The summed E-state index contributed by atoms with van der Waals surface area (Å²) in [7, 11) is 4.51. The lowest BCUT2D eigenvalue weighted by atomic mass is 10.1. The van der Waals surface area contributed by atoms with Crippen molar-refractivity contribution in [1.82, 2.24) is 5.32 Å². The van der Waals surface area contributed by atoms with Gasteiger partial charge in [-0.3, -0.25) is 4.79 Å². The number of quaternary nitrogens is 1. The minimum absolute atomic E-state index is 0. The molecule has 0 aromatic heterocycles. The molecule has 138 valence electrons. The molecule has 0 spiro atoms. The highest BCUT2D eigenvalue weighted by molar-refractivity contribution is 5.75. The van der Waals surface area contributed by atoms with E-state index in [2.05, 4.69) is 56.7 Å². The molecule has 1 aromatic carbocycles. The summed E-state index contributed by atoms with van der Waals surface area (Å²) in [6.45, 7) is 5.12. The molecule has 0 radical (unpaired) electrons. The van der Waals surface area contributed by atoms with E-state index in [1.54, 1.807) is 0 Å². The minimum Gasteiger partial charge on any atom is -1.00 e. The topological polar surface area (TPSA) is 29.1 Å². The summed E-state index contributed by atoms with van der Waals surface area (Å²) in [4.78, 5) is 11.8. The average Bonchev–Trinajstić information content (AvgIpc) is 2.52. The third-order valence-corrected chi connectivity index (χ3v) is 4.22. The third kappa shape index (κ3) is 11.5. The molecule has 24 heavy (non-hydrogen) atoms. The molecular weight excluding hydrogens is 320 g/mol. The quantitative estimate of drug-likeness (QED) is 0.442. The second kappa shape index (κ2) is 13.3. The van der Waals surface area contributed by atoms with Crippen molar-refractivity contribution in [1.29, 1.82) is 0 Å². The summed E-state index contributed by atoms with van der Waals surface area (Å²) in [5, 5.41) is 3.06. The van der Waals surface area contributed by atoms with Gasteiger partial charge in [0.05, 0.1) is 20.6 Å². The van der Waals surface area contributed by atoms with Gasteiger partial charge in [-0.1, -0.05) is 62.9 Å². The maximum Gasteiger partial charge on any atom is 0.219 e. The van der Waals surface area contributed by atoms with Gasteiger partial charge in [0, 0.05) is 24.9 Å². The van der Waals surface area contributed by atoms with Crippen LogP contribution in [-0.4, -0.2) is 37.6 Å². The van der Waals surface area contributed by atoms with Gasteiger partial charge in [0.1, 0.15) is 6.54 Å². The van der Waals surface area contributed by atoms with Crippen molar-refractivity contribution >= 4 is 5.91 Å². The number of hydrogen-bond donors (Lipinski definition) is 1. The van der Waals surface area contributed by atoms with Crippen LogP contribution in [0.2, 0.25) is 0 Å². The maximum atomic E-state index is 11.8. The van der Waals surface area contributed by atoms with Crippen LogP contribution in [0, 0.1) is 0 Å². The maximum absolute atomic E-state index is 11.8. The van der Waals surface area contributed by atoms with E-state index in [9.17, 15) is 4.79 Å². The van der Waals surface area contributed by atoms with Crippen molar-refractivity contribution in [3.8, 4) is 0 Å². The van der Waals surface area contributed by atoms with Crippen molar-refractivity contribution in [3.05, 3.63) is 35.9 Å². The first kappa shape index (κ1) is 22.9. The summed E-state index contributed by atoms with van der Waals surface area (Å²) >= 11 is 0. The summed E-state index contributed by atoms with van der Waals surface area (Å²) in [6, 6.07) is 10.6. The molecule has 0 saturated carbocycles. The van der Waals surface area contributed by atoms with E-state index in [0.717, 1.165) is 37.0 Å². The van der Waals surface area contributed by atoms with Gasteiger partial charge in [0.15, 0.2) is 0 Å². The first-order valence-corrected chi connectivity index (χ1v) is 9.16. The van der Waals surface area contributed by atoms with E-state index in [1.165, 1.54) is 31.2 Å². The zero-order valence-electron chi connectivity index (χ0n) is 15.7. The predicted molar refractivity (Wildman–Crippen MR) is 98.1 cm³/mol. The Bertz CT molecular complexity index is 435. The molecule has 1 amide bonds. The summed E-state index contributed by atoms with van der Waals surface area (Å²) in [6.07, 6.45) is 7.73.